The van der Waals surface area contributed by atoms with Crippen molar-refractivity contribution in [2.45, 2.75) is 84.7 Å². The Hall–Kier alpha value is -0.910. The molecule has 0 radical (unpaired) electrons. The summed E-state index contributed by atoms with van der Waals surface area (Å²) in [7, 11) is 0. The first-order chi connectivity index (χ1) is 12.1. The van der Waals surface area contributed by atoms with Gasteiger partial charge < -0.3 is 16.0 Å². The number of aliphatic hydroxyl groups is 1. The smallest absolute Gasteiger partial charge is 0.217 e. The molecule has 150 valence electrons. The highest BCUT2D eigenvalue weighted by Gasteiger charge is 2.69. The maximum absolute atomic E-state index is 11.5. The fraction of sp³-hybridized carbons (Fsp3) is 0.857. The second-order valence-electron chi connectivity index (χ2n) is 8.92. The zero-order valence-electron chi connectivity index (χ0n) is 17.1. The Balaban J connectivity index is 2.16. The molecule has 0 aromatic rings. The van der Waals surface area contributed by atoms with Gasteiger partial charge in [0, 0.05) is 19.5 Å². The van der Waals surface area contributed by atoms with Gasteiger partial charge in [-0.25, -0.2) is 0 Å². The normalized spacial score (nSPS) is 32.7. The van der Waals surface area contributed by atoms with Gasteiger partial charge in [-0.2, -0.15) is 5.06 Å². The summed E-state index contributed by atoms with van der Waals surface area (Å²) in [4.78, 5) is 11.1. The largest absolute Gasteiger partial charge is 0.390 e. The zero-order valence-corrected chi connectivity index (χ0v) is 17.1. The molecular weight excluding hydrogens is 328 g/mol. The van der Waals surface area contributed by atoms with E-state index in [2.05, 4.69) is 26.8 Å². The molecule has 0 saturated heterocycles. The molecule has 0 spiro atoms. The van der Waals surface area contributed by atoms with Crippen molar-refractivity contribution >= 4 is 5.91 Å². The average Bonchev–Trinajstić information content (AvgIpc) is 3.19. The SMILES string of the molecule is CC[C@@H]1CC=C(C)[C@]2(C[C@](O)(CCCC(N)=O)CCN(O)CC)CC12C. The lowest BCUT2D eigenvalue weighted by molar-refractivity contribution is -0.119. The van der Waals surface area contributed by atoms with E-state index >= 15 is 0 Å². The number of amides is 1. The summed E-state index contributed by atoms with van der Waals surface area (Å²) in [6.45, 7) is 9.73. The molecule has 5 nitrogen and oxygen atoms in total. The van der Waals surface area contributed by atoms with E-state index in [0.717, 1.165) is 12.8 Å². The highest BCUT2D eigenvalue weighted by Crippen LogP contribution is 2.77. The Labute approximate surface area is 158 Å². The van der Waals surface area contributed by atoms with Crippen LogP contribution in [0, 0.1) is 16.7 Å². The van der Waals surface area contributed by atoms with Crippen LogP contribution in [-0.2, 0) is 4.79 Å². The predicted molar refractivity (Wildman–Crippen MR) is 104 cm³/mol. The Morgan fingerprint density at radius 3 is 2.69 bits per heavy atom. The summed E-state index contributed by atoms with van der Waals surface area (Å²) >= 11 is 0. The molecule has 1 amide bonds. The third-order valence-electron chi connectivity index (χ3n) is 7.39. The maximum Gasteiger partial charge on any atom is 0.217 e. The number of hydrogen-bond donors (Lipinski definition) is 3. The van der Waals surface area contributed by atoms with Crippen LogP contribution in [0.3, 0.4) is 0 Å². The summed E-state index contributed by atoms with van der Waals surface area (Å²) in [6, 6.07) is 0. The molecule has 2 aliphatic carbocycles. The molecule has 1 unspecified atom stereocenters. The number of hydroxylamine groups is 2. The lowest BCUT2D eigenvalue weighted by Gasteiger charge is -2.40. The number of fused-ring (bicyclic) bond motifs is 1. The molecular formula is C21H38N2O3. The Bertz CT molecular complexity index is 549. The summed E-state index contributed by atoms with van der Waals surface area (Å²) in [5.41, 5.74) is 6.15. The summed E-state index contributed by atoms with van der Waals surface area (Å²) < 4.78 is 0. The van der Waals surface area contributed by atoms with Crippen molar-refractivity contribution in [3.63, 3.8) is 0 Å². The second-order valence-corrected chi connectivity index (χ2v) is 8.92. The minimum absolute atomic E-state index is 0.0693. The van der Waals surface area contributed by atoms with Crippen LogP contribution in [0.2, 0.25) is 0 Å². The van der Waals surface area contributed by atoms with E-state index in [1.807, 2.05) is 6.92 Å². The standard InChI is InChI=1S/C21H38N2O3/c1-5-17-10-9-16(3)21(14-19(17,21)4)15-20(25,11-7-8-18(22)24)12-13-23(26)6-2/h9,17,25-26H,5-8,10-15H2,1-4H3,(H2,22,24)/t17-,19?,20+,21-/m1/s1. The number of rotatable bonds is 11. The van der Waals surface area contributed by atoms with E-state index < -0.39 is 5.60 Å². The predicted octanol–water partition coefficient (Wildman–Crippen LogP) is 3.64. The van der Waals surface area contributed by atoms with E-state index in [1.54, 1.807) is 0 Å². The fourth-order valence-electron chi connectivity index (χ4n) is 5.45. The van der Waals surface area contributed by atoms with Gasteiger partial charge in [0.25, 0.3) is 0 Å². The van der Waals surface area contributed by atoms with Crippen LogP contribution in [0.1, 0.15) is 79.1 Å². The van der Waals surface area contributed by atoms with E-state index in [-0.39, 0.29) is 16.7 Å². The van der Waals surface area contributed by atoms with Gasteiger partial charge in [-0.3, -0.25) is 4.79 Å². The van der Waals surface area contributed by atoms with Crippen LogP contribution in [0.25, 0.3) is 0 Å². The Kier molecular flexibility index (Phi) is 6.57. The van der Waals surface area contributed by atoms with Crippen molar-refractivity contribution in [2.75, 3.05) is 13.1 Å². The van der Waals surface area contributed by atoms with Gasteiger partial charge in [0.05, 0.1) is 5.60 Å². The molecule has 1 saturated carbocycles. The molecule has 0 heterocycles. The van der Waals surface area contributed by atoms with Crippen molar-refractivity contribution in [2.24, 2.45) is 22.5 Å². The van der Waals surface area contributed by atoms with Crippen LogP contribution < -0.4 is 5.73 Å². The second kappa shape index (κ2) is 7.99. The summed E-state index contributed by atoms with van der Waals surface area (Å²) in [5.74, 6) is 0.352. The Morgan fingerprint density at radius 2 is 2.12 bits per heavy atom. The number of nitrogens with two attached hydrogens (primary N) is 1. The van der Waals surface area contributed by atoms with Gasteiger partial charge in [-0.05, 0) is 62.2 Å². The van der Waals surface area contributed by atoms with Crippen LogP contribution in [0.5, 0.6) is 0 Å². The van der Waals surface area contributed by atoms with Crippen molar-refractivity contribution in [1.82, 2.24) is 5.06 Å². The molecule has 4 atom stereocenters. The van der Waals surface area contributed by atoms with Gasteiger partial charge in [0.1, 0.15) is 0 Å². The lowest BCUT2D eigenvalue weighted by Crippen LogP contribution is -2.39. The summed E-state index contributed by atoms with van der Waals surface area (Å²) in [5, 5.41) is 22.6. The molecule has 0 aromatic carbocycles. The number of carbonyl (C=O) groups is 1. The molecule has 0 aromatic heterocycles. The minimum Gasteiger partial charge on any atom is -0.390 e. The van der Waals surface area contributed by atoms with E-state index in [4.69, 9.17) is 5.73 Å². The first-order valence-corrected chi connectivity index (χ1v) is 10.2. The van der Waals surface area contributed by atoms with Gasteiger partial charge >= 0.3 is 0 Å². The summed E-state index contributed by atoms with van der Waals surface area (Å²) in [6.07, 6.45) is 8.49. The van der Waals surface area contributed by atoms with Crippen LogP contribution >= 0.6 is 0 Å². The van der Waals surface area contributed by atoms with Crippen LogP contribution in [-0.4, -0.2) is 40.0 Å². The number of allylic oxidation sites excluding steroid dienone is 2. The highest BCUT2D eigenvalue weighted by atomic mass is 16.5. The maximum atomic E-state index is 11.5. The molecule has 4 N–H and O–H groups in total. The number of carbonyl (C=O) groups excluding carboxylic acids is 1. The minimum atomic E-state index is -0.881. The Morgan fingerprint density at radius 1 is 1.42 bits per heavy atom. The molecule has 0 bridgehead atoms. The van der Waals surface area contributed by atoms with E-state index in [9.17, 15) is 15.1 Å². The first-order valence-electron chi connectivity index (χ1n) is 10.2. The third-order valence-corrected chi connectivity index (χ3v) is 7.39. The van der Waals surface area contributed by atoms with Crippen LogP contribution in [0.15, 0.2) is 11.6 Å². The van der Waals surface area contributed by atoms with Gasteiger partial charge in [-0.15, -0.1) is 0 Å². The quantitative estimate of drug-likeness (QED) is 0.385. The van der Waals surface area contributed by atoms with Gasteiger partial charge in [0.15, 0.2) is 0 Å². The molecule has 0 aliphatic heterocycles. The molecule has 2 aliphatic rings. The van der Waals surface area contributed by atoms with E-state index in [1.165, 1.54) is 17.1 Å². The fourth-order valence-corrected chi connectivity index (χ4v) is 5.45. The van der Waals surface area contributed by atoms with Crippen LogP contribution in [0.4, 0.5) is 0 Å². The van der Waals surface area contributed by atoms with Crippen molar-refractivity contribution in [1.29, 1.82) is 0 Å². The third kappa shape index (κ3) is 4.15. The average molecular weight is 367 g/mol. The lowest BCUT2D eigenvalue weighted by atomic mass is 9.67. The highest BCUT2D eigenvalue weighted by molar-refractivity contribution is 5.73. The zero-order chi connectivity index (χ0) is 19.6. The molecule has 1 fully saturated rings. The monoisotopic (exact) mass is 366 g/mol. The molecule has 2 rings (SSSR count). The van der Waals surface area contributed by atoms with Crippen molar-refractivity contribution in [3.8, 4) is 0 Å². The topological polar surface area (TPSA) is 86.8 Å². The number of hydrogen-bond acceptors (Lipinski definition) is 4. The van der Waals surface area contributed by atoms with Gasteiger partial charge in [0.2, 0.25) is 5.91 Å². The number of nitrogens with zero attached hydrogens (tertiary/aromatic N) is 1. The van der Waals surface area contributed by atoms with Crippen molar-refractivity contribution in [3.05, 3.63) is 11.6 Å². The molecule has 26 heavy (non-hydrogen) atoms. The molecule has 5 heteroatoms. The number of primary amides is 1. The van der Waals surface area contributed by atoms with E-state index in [0.29, 0.717) is 51.1 Å². The van der Waals surface area contributed by atoms with Gasteiger partial charge in [-0.1, -0.05) is 38.8 Å². The van der Waals surface area contributed by atoms with Crippen molar-refractivity contribution < 1.29 is 15.1 Å². The first kappa shape index (κ1) is 21.4.